The van der Waals surface area contributed by atoms with E-state index >= 15 is 0 Å². The zero-order valence-corrected chi connectivity index (χ0v) is 15.2. The van der Waals surface area contributed by atoms with Crippen molar-refractivity contribution >= 4 is 32.7 Å². The number of pyridine rings is 1. The molecule has 8 nitrogen and oxygen atoms in total. The van der Waals surface area contributed by atoms with Crippen LogP contribution in [-0.2, 0) is 10.0 Å². The second kappa shape index (κ2) is 6.35. The maximum absolute atomic E-state index is 12.2. The van der Waals surface area contributed by atoms with Crippen LogP contribution in [0.3, 0.4) is 0 Å². The van der Waals surface area contributed by atoms with Gasteiger partial charge in [-0.05, 0) is 25.0 Å². The lowest BCUT2D eigenvalue weighted by Crippen LogP contribution is -2.42. The largest absolute Gasteiger partial charge is 0.351 e. The molecule has 0 bridgehead atoms. The molecule has 3 heterocycles. The van der Waals surface area contributed by atoms with Crippen molar-refractivity contribution in [2.24, 2.45) is 0 Å². The fourth-order valence-electron chi connectivity index (χ4n) is 3.21. The van der Waals surface area contributed by atoms with E-state index in [2.05, 4.69) is 21.0 Å². The molecule has 136 valence electrons. The van der Waals surface area contributed by atoms with Crippen molar-refractivity contribution in [1.29, 1.82) is 0 Å². The van der Waals surface area contributed by atoms with Gasteiger partial charge in [-0.25, -0.2) is 17.7 Å². The smallest absolute Gasteiger partial charge is 0.257 e. The summed E-state index contributed by atoms with van der Waals surface area (Å²) in [7, 11) is -3.14. The summed E-state index contributed by atoms with van der Waals surface area (Å²) in [5.74, 6) is 0.443. The van der Waals surface area contributed by atoms with E-state index in [0.717, 1.165) is 11.1 Å². The normalized spacial score (nSPS) is 18.6. The number of piperidine rings is 1. The van der Waals surface area contributed by atoms with Crippen molar-refractivity contribution in [3.8, 4) is 0 Å². The first-order valence-corrected chi connectivity index (χ1v) is 10.3. The Labute approximate surface area is 150 Å². The molecule has 0 saturated carbocycles. The number of nitrogens with one attached hydrogen (secondary N) is 1. The lowest BCUT2D eigenvalue weighted by Gasteiger charge is -2.30. The van der Waals surface area contributed by atoms with Crippen molar-refractivity contribution in [2.75, 3.05) is 24.7 Å². The molecule has 0 radical (unpaired) electrons. The van der Waals surface area contributed by atoms with Crippen molar-refractivity contribution in [3.63, 3.8) is 0 Å². The third-order valence-corrected chi connectivity index (χ3v) is 6.03. The van der Waals surface area contributed by atoms with E-state index in [-0.39, 0.29) is 11.6 Å². The SMILES string of the molecule is CS(=O)(=O)N1CCC(Nc2ncc3ccc(=O)n(C4=C=CC4)c3n2)CC1. The Morgan fingerprint density at radius 3 is 2.62 bits per heavy atom. The zero-order chi connectivity index (χ0) is 18.3. The van der Waals surface area contributed by atoms with Crippen LogP contribution < -0.4 is 10.9 Å². The van der Waals surface area contributed by atoms with Gasteiger partial charge in [0, 0.05) is 43.2 Å². The second-order valence-corrected chi connectivity index (χ2v) is 8.54. The van der Waals surface area contributed by atoms with Crippen LogP contribution >= 0.6 is 0 Å². The fourth-order valence-corrected chi connectivity index (χ4v) is 4.09. The first kappa shape index (κ1) is 17.0. The third-order valence-electron chi connectivity index (χ3n) is 4.72. The monoisotopic (exact) mass is 373 g/mol. The van der Waals surface area contributed by atoms with Gasteiger partial charge in [-0.2, -0.15) is 4.98 Å². The van der Waals surface area contributed by atoms with Crippen LogP contribution in [0.1, 0.15) is 19.3 Å². The van der Waals surface area contributed by atoms with E-state index in [9.17, 15) is 13.2 Å². The average Bonchev–Trinajstić information content (AvgIpc) is 2.55. The Hall–Kier alpha value is -2.48. The quantitative estimate of drug-likeness (QED) is 0.804. The molecule has 2 aromatic heterocycles. The van der Waals surface area contributed by atoms with Gasteiger partial charge in [0.2, 0.25) is 16.0 Å². The van der Waals surface area contributed by atoms with Crippen LogP contribution in [0.5, 0.6) is 0 Å². The van der Waals surface area contributed by atoms with Gasteiger partial charge in [-0.15, -0.1) is 5.73 Å². The first-order valence-electron chi connectivity index (χ1n) is 8.47. The number of nitrogens with zero attached hydrogens (tertiary/aromatic N) is 4. The van der Waals surface area contributed by atoms with Crippen LogP contribution in [-0.4, -0.2) is 52.6 Å². The Balaban J connectivity index is 1.59. The minimum absolute atomic E-state index is 0.0946. The van der Waals surface area contributed by atoms with E-state index in [1.807, 2.05) is 6.08 Å². The Kier molecular flexibility index (Phi) is 4.14. The highest BCUT2D eigenvalue weighted by Gasteiger charge is 2.25. The van der Waals surface area contributed by atoms with E-state index in [0.29, 0.717) is 43.9 Å². The first-order chi connectivity index (χ1) is 12.4. The molecular weight excluding hydrogens is 354 g/mol. The molecular formula is C17H19N5O3S. The number of allylic oxidation sites excluding steroid dienone is 1. The Morgan fingerprint density at radius 2 is 2.00 bits per heavy atom. The molecule has 0 amide bonds. The molecule has 0 spiro atoms. The number of aromatic nitrogens is 3. The summed E-state index contributed by atoms with van der Waals surface area (Å²) in [4.78, 5) is 21.1. The Bertz CT molecular complexity index is 1090. The second-order valence-electron chi connectivity index (χ2n) is 6.56. The topological polar surface area (TPSA) is 97.2 Å². The average molecular weight is 373 g/mol. The van der Waals surface area contributed by atoms with Gasteiger partial charge in [-0.3, -0.25) is 9.36 Å². The van der Waals surface area contributed by atoms with Gasteiger partial charge in [0.1, 0.15) is 0 Å². The van der Waals surface area contributed by atoms with E-state index in [1.54, 1.807) is 16.8 Å². The summed E-state index contributed by atoms with van der Waals surface area (Å²) in [6.45, 7) is 0.957. The molecule has 1 N–H and O–H groups in total. The summed E-state index contributed by atoms with van der Waals surface area (Å²) in [5.41, 5.74) is 4.24. The van der Waals surface area contributed by atoms with Crippen molar-refractivity contribution in [1.82, 2.24) is 18.8 Å². The minimum atomic E-state index is -3.14. The number of rotatable bonds is 4. The molecule has 4 rings (SSSR count). The van der Waals surface area contributed by atoms with E-state index in [1.165, 1.54) is 16.6 Å². The molecule has 0 aromatic carbocycles. The highest BCUT2D eigenvalue weighted by Crippen LogP contribution is 2.21. The zero-order valence-electron chi connectivity index (χ0n) is 14.3. The highest BCUT2D eigenvalue weighted by atomic mass is 32.2. The molecule has 1 fully saturated rings. The number of hydrogen-bond acceptors (Lipinski definition) is 6. The summed E-state index contributed by atoms with van der Waals surface area (Å²) >= 11 is 0. The summed E-state index contributed by atoms with van der Waals surface area (Å²) in [5, 5.41) is 4.05. The van der Waals surface area contributed by atoms with Crippen molar-refractivity contribution in [2.45, 2.75) is 25.3 Å². The number of fused-ring (bicyclic) bond motifs is 1. The van der Waals surface area contributed by atoms with Crippen LogP contribution in [0.15, 0.2) is 34.9 Å². The molecule has 2 aromatic rings. The maximum Gasteiger partial charge on any atom is 0.257 e. The molecule has 1 saturated heterocycles. The van der Waals surface area contributed by atoms with Crippen LogP contribution in [0, 0.1) is 0 Å². The predicted octanol–water partition coefficient (Wildman–Crippen LogP) is 1.03. The van der Waals surface area contributed by atoms with Crippen LogP contribution in [0.25, 0.3) is 16.7 Å². The molecule has 0 unspecified atom stereocenters. The van der Waals surface area contributed by atoms with Gasteiger partial charge in [0.05, 0.1) is 12.0 Å². The Morgan fingerprint density at radius 1 is 1.27 bits per heavy atom. The van der Waals surface area contributed by atoms with Gasteiger partial charge in [0.25, 0.3) is 5.56 Å². The predicted molar refractivity (Wildman–Crippen MR) is 99.3 cm³/mol. The number of hydrogen-bond donors (Lipinski definition) is 1. The molecule has 26 heavy (non-hydrogen) atoms. The summed E-state index contributed by atoms with van der Waals surface area (Å²) in [6.07, 6.45) is 6.85. The highest BCUT2D eigenvalue weighted by molar-refractivity contribution is 7.88. The number of sulfonamides is 1. The lowest BCUT2D eigenvalue weighted by molar-refractivity contribution is 0.331. The standard InChI is InChI=1S/C17H19N5O3S/c1-26(24,25)21-9-7-13(8-10-21)19-17-18-11-12-5-6-15(23)22(16(12)20-17)14-3-2-4-14/h2,5-6,11,13H,3,7-10H2,1H3,(H,18,19,20). The lowest BCUT2D eigenvalue weighted by atomic mass is 10.1. The summed E-state index contributed by atoms with van der Waals surface area (Å²) in [6, 6.07) is 3.32. The molecule has 1 aliphatic carbocycles. The van der Waals surface area contributed by atoms with Crippen LogP contribution in [0.4, 0.5) is 5.95 Å². The molecule has 9 heteroatoms. The summed E-state index contributed by atoms with van der Waals surface area (Å²) < 4.78 is 26.3. The van der Waals surface area contributed by atoms with Crippen LogP contribution in [0.2, 0.25) is 0 Å². The molecule has 2 aliphatic rings. The molecule has 0 atom stereocenters. The molecule has 1 aliphatic heterocycles. The third kappa shape index (κ3) is 3.16. The van der Waals surface area contributed by atoms with E-state index in [4.69, 9.17) is 0 Å². The van der Waals surface area contributed by atoms with Gasteiger partial charge in [0.15, 0.2) is 5.65 Å². The fraction of sp³-hybridized carbons (Fsp3) is 0.412. The van der Waals surface area contributed by atoms with Gasteiger partial charge >= 0.3 is 0 Å². The van der Waals surface area contributed by atoms with E-state index < -0.39 is 10.0 Å². The van der Waals surface area contributed by atoms with Crippen molar-refractivity contribution < 1.29 is 8.42 Å². The van der Waals surface area contributed by atoms with Gasteiger partial charge in [-0.1, -0.05) is 0 Å². The van der Waals surface area contributed by atoms with Crippen molar-refractivity contribution in [3.05, 3.63) is 40.5 Å². The van der Waals surface area contributed by atoms with Gasteiger partial charge < -0.3 is 5.32 Å². The number of anilines is 1. The minimum Gasteiger partial charge on any atom is -0.351 e. The maximum atomic E-state index is 12.2.